The predicted molar refractivity (Wildman–Crippen MR) is 126 cm³/mol. The number of aryl methyl sites for hydroxylation is 1. The van der Waals surface area contributed by atoms with Gasteiger partial charge < -0.3 is 10.1 Å². The van der Waals surface area contributed by atoms with Gasteiger partial charge in [0.05, 0.1) is 22.5 Å². The van der Waals surface area contributed by atoms with E-state index in [0.717, 1.165) is 22.7 Å². The van der Waals surface area contributed by atoms with Crippen molar-refractivity contribution in [2.75, 3.05) is 5.75 Å². The van der Waals surface area contributed by atoms with Crippen molar-refractivity contribution in [1.29, 1.82) is 0 Å². The molecule has 0 radical (unpaired) electrons. The quantitative estimate of drug-likeness (QED) is 0.296. The van der Waals surface area contributed by atoms with Crippen LogP contribution in [-0.2, 0) is 27.1 Å². The fourth-order valence-corrected chi connectivity index (χ4v) is 4.33. The Labute approximate surface area is 213 Å². The zero-order valence-corrected chi connectivity index (χ0v) is 20.6. The van der Waals surface area contributed by atoms with Crippen molar-refractivity contribution in [3.8, 4) is 11.3 Å². The first-order valence-electron chi connectivity index (χ1n) is 11.1. The van der Waals surface area contributed by atoms with Crippen LogP contribution in [0.3, 0.4) is 0 Å². The maximum atomic E-state index is 14.7. The molecule has 0 spiro atoms. The minimum absolute atomic E-state index is 0.0789. The molecule has 15 heteroatoms. The molecule has 4 aromatic rings. The first kappa shape index (κ1) is 28.7. The molecule has 0 aliphatic rings. The molecule has 0 bridgehead atoms. The van der Waals surface area contributed by atoms with Gasteiger partial charge in [0.25, 0.3) is 5.92 Å². The summed E-state index contributed by atoms with van der Waals surface area (Å²) in [6, 6.07) is 6.91. The Morgan fingerprint density at radius 3 is 2.50 bits per heavy atom. The van der Waals surface area contributed by atoms with Crippen LogP contribution in [-0.4, -0.2) is 56.2 Å². The third-order valence-electron chi connectivity index (χ3n) is 5.38. The number of hydrogen-bond acceptors (Lipinski definition) is 6. The number of aromatic nitrogens is 5. The molecule has 2 N–H and O–H groups in total. The molecule has 204 valence electrons. The number of benzene rings is 1. The summed E-state index contributed by atoms with van der Waals surface area (Å²) in [6.07, 6.45) is 1.30. The van der Waals surface area contributed by atoms with E-state index in [-0.39, 0.29) is 22.6 Å². The lowest BCUT2D eigenvalue weighted by atomic mass is 10.0. The predicted octanol–water partition coefficient (Wildman–Crippen LogP) is 4.82. The van der Waals surface area contributed by atoms with E-state index in [0.29, 0.717) is 12.2 Å². The molecule has 0 fully saturated rings. The van der Waals surface area contributed by atoms with Gasteiger partial charge in [0.15, 0.2) is 9.84 Å². The first-order chi connectivity index (χ1) is 17.7. The SMILES string of the molecule is CCS(=O)(=O)c1cccc(C(F)(F)CCCn2cc(-c3ncnc4[nH]ccc34)cn2)c1.O=C(O)C(F)(F)F. The summed E-state index contributed by atoms with van der Waals surface area (Å²) in [5, 5.41) is 12.2. The second kappa shape index (κ2) is 11.2. The van der Waals surface area contributed by atoms with E-state index in [4.69, 9.17) is 9.90 Å². The van der Waals surface area contributed by atoms with Crippen LogP contribution in [0.15, 0.2) is 60.1 Å². The van der Waals surface area contributed by atoms with Crippen LogP contribution in [0, 0.1) is 0 Å². The third kappa shape index (κ3) is 6.90. The number of aromatic amines is 1. The number of H-pyrrole nitrogens is 1. The van der Waals surface area contributed by atoms with Crippen LogP contribution in [0.4, 0.5) is 22.0 Å². The minimum atomic E-state index is -5.08. The van der Waals surface area contributed by atoms with E-state index in [1.165, 1.54) is 31.5 Å². The summed E-state index contributed by atoms with van der Waals surface area (Å²) in [4.78, 5) is 20.3. The van der Waals surface area contributed by atoms with Crippen LogP contribution < -0.4 is 0 Å². The molecule has 0 aliphatic carbocycles. The van der Waals surface area contributed by atoms with Gasteiger partial charge in [-0.1, -0.05) is 19.1 Å². The number of nitrogens with one attached hydrogen (secondary N) is 1. The van der Waals surface area contributed by atoms with Crippen molar-refractivity contribution in [3.63, 3.8) is 0 Å². The number of carbonyl (C=O) groups is 1. The van der Waals surface area contributed by atoms with Crippen LogP contribution in [0.5, 0.6) is 0 Å². The van der Waals surface area contributed by atoms with Crippen molar-refractivity contribution in [1.82, 2.24) is 24.7 Å². The number of sulfone groups is 1. The number of carboxylic acid groups (broad SMARTS) is 1. The highest BCUT2D eigenvalue weighted by Crippen LogP contribution is 2.34. The van der Waals surface area contributed by atoms with Crippen molar-refractivity contribution in [2.45, 2.75) is 43.3 Å². The van der Waals surface area contributed by atoms with Gasteiger partial charge in [-0.2, -0.15) is 18.3 Å². The highest BCUT2D eigenvalue weighted by molar-refractivity contribution is 7.91. The van der Waals surface area contributed by atoms with E-state index in [1.54, 1.807) is 23.3 Å². The van der Waals surface area contributed by atoms with Gasteiger partial charge in [-0.3, -0.25) is 4.68 Å². The zero-order valence-electron chi connectivity index (χ0n) is 19.8. The molecule has 0 saturated heterocycles. The van der Waals surface area contributed by atoms with Crippen molar-refractivity contribution in [3.05, 3.63) is 60.8 Å². The number of fused-ring (bicyclic) bond motifs is 1. The van der Waals surface area contributed by atoms with Crippen molar-refractivity contribution in [2.24, 2.45) is 0 Å². The zero-order chi connectivity index (χ0) is 28.1. The van der Waals surface area contributed by atoms with E-state index in [2.05, 4.69) is 20.1 Å². The Hall–Kier alpha value is -3.88. The molecule has 0 amide bonds. The molecule has 3 heterocycles. The summed E-state index contributed by atoms with van der Waals surface area (Å²) in [7, 11) is -3.54. The molecule has 38 heavy (non-hydrogen) atoms. The van der Waals surface area contributed by atoms with E-state index >= 15 is 0 Å². The van der Waals surface area contributed by atoms with Gasteiger partial charge in [-0.05, 0) is 24.6 Å². The molecule has 0 saturated carbocycles. The topological polar surface area (TPSA) is 131 Å². The molecule has 9 nitrogen and oxygen atoms in total. The standard InChI is InChI=1S/C21H21F2N5O2S.C2HF3O2/c1-2-31(29,30)17-6-3-5-16(11-17)21(22,23)8-4-10-28-13-15(12-27-28)19-18-7-9-24-20(18)26-14-25-19;3-2(4,5)1(6)7/h3,5-7,9,11-14H,2,4,8,10H2,1H3,(H,24,25,26);(H,6,7). The molecule has 0 atom stereocenters. The number of alkyl halides is 5. The smallest absolute Gasteiger partial charge is 0.475 e. The normalized spacial score (nSPS) is 12.3. The van der Waals surface area contributed by atoms with E-state index in [9.17, 15) is 30.4 Å². The Balaban J connectivity index is 0.000000505. The minimum Gasteiger partial charge on any atom is -0.475 e. The van der Waals surface area contributed by atoms with E-state index in [1.807, 2.05) is 6.07 Å². The highest BCUT2D eigenvalue weighted by Gasteiger charge is 2.38. The summed E-state index contributed by atoms with van der Waals surface area (Å²) >= 11 is 0. The number of nitrogens with zero attached hydrogens (tertiary/aromatic N) is 4. The lowest BCUT2D eigenvalue weighted by molar-refractivity contribution is -0.192. The third-order valence-corrected chi connectivity index (χ3v) is 7.11. The Kier molecular flexibility index (Phi) is 8.49. The van der Waals surface area contributed by atoms with Crippen LogP contribution in [0.25, 0.3) is 22.3 Å². The summed E-state index contributed by atoms with van der Waals surface area (Å²) in [5.41, 5.74) is 1.91. The van der Waals surface area contributed by atoms with E-state index < -0.39 is 34.3 Å². The van der Waals surface area contributed by atoms with Gasteiger partial charge in [0.1, 0.15) is 12.0 Å². The first-order valence-corrected chi connectivity index (χ1v) is 12.7. The largest absolute Gasteiger partial charge is 0.490 e. The van der Waals surface area contributed by atoms with Gasteiger partial charge in [0.2, 0.25) is 0 Å². The number of halogens is 5. The molecule has 4 rings (SSSR count). The summed E-state index contributed by atoms with van der Waals surface area (Å²) in [6.45, 7) is 1.78. The molecule has 0 unspecified atom stereocenters. The summed E-state index contributed by atoms with van der Waals surface area (Å²) < 4.78 is 86.7. The maximum absolute atomic E-state index is 14.7. The monoisotopic (exact) mass is 559 g/mol. The lowest BCUT2D eigenvalue weighted by Crippen LogP contribution is -2.21. The van der Waals surface area contributed by atoms with Gasteiger partial charge in [0, 0.05) is 41.9 Å². The second-order valence-corrected chi connectivity index (χ2v) is 10.3. The van der Waals surface area contributed by atoms with Crippen LogP contribution in [0.2, 0.25) is 0 Å². The second-order valence-electron chi connectivity index (χ2n) is 8.00. The van der Waals surface area contributed by atoms with Gasteiger partial charge in [-0.15, -0.1) is 0 Å². The average molecular weight is 560 g/mol. The molecule has 1 aromatic carbocycles. The molecule has 3 aromatic heterocycles. The molecular formula is C23H22F5N5O4S. The Bertz CT molecular complexity index is 1520. The molecular weight excluding hydrogens is 537 g/mol. The summed E-state index contributed by atoms with van der Waals surface area (Å²) in [5.74, 6) is -6.03. The van der Waals surface area contributed by atoms with Crippen LogP contribution >= 0.6 is 0 Å². The van der Waals surface area contributed by atoms with Gasteiger partial charge >= 0.3 is 12.1 Å². The lowest BCUT2D eigenvalue weighted by Gasteiger charge is -2.17. The Morgan fingerprint density at radius 2 is 1.84 bits per heavy atom. The number of carboxylic acids is 1. The van der Waals surface area contributed by atoms with Crippen molar-refractivity contribution < 1.29 is 40.3 Å². The Morgan fingerprint density at radius 1 is 1.13 bits per heavy atom. The van der Waals surface area contributed by atoms with Crippen molar-refractivity contribution >= 4 is 26.8 Å². The highest BCUT2D eigenvalue weighted by atomic mass is 32.2. The number of aliphatic carboxylic acids is 1. The fraction of sp³-hybridized carbons (Fsp3) is 0.304. The average Bonchev–Trinajstić information content (AvgIpc) is 3.53. The van der Waals surface area contributed by atoms with Crippen LogP contribution in [0.1, 0.15) is 25.3 Å². The fourth-order valence-electron chi connectivity index (χ4n) is 3.40. The number of hydrogen-bond donors (Lipinski definition) is 2. The van der Waals surface area contributed by atoms with Gasteiger partial charge in [-0.25, -0.2) is 32.0 Å². The number of rotatable bonds is 8. The maximum Gasteiger partial charge on any atom is 0.490 e. The molecule has 0 aliphatic heterocycles.